The third-order valence-corrected chi connectivity index (χ3v) is 5.23. The van der Waals surface area contributed by atoms with Gasteiger partial charge in [0, 0.05) is 0 Å². The van der Waals surface area contributed by atoms with E-state index in [1.165, 1.54) is 0 Å². The molecule has 2 aromatic rings. The van der Waals surface area contributed by atoms with E-state index in [2.05, 4.69) is 36.2 Å². The summed E-state index contributed by atoms with van der Waals surface area (Å²) in [5.74, 6) is 0. The fourth-order valence-corrected chi connectivity index (χ4v) is 3.15. The van der Waals surface area contributed by atoms with Gasteiger partial charge in [0.25, 0.3) is 0 Å². The molecule has 3 N–H and O–H groups in total. The molecule has 0 aliphatic heterocycles. The Morgan fingerprint density at radius 2 is 1.52 bits per heavy atom. The van der Waals surface area contributed by atoms with Crippen LogP contribution < -0.4 is 5.32 Å². The van der Waals surface area contributed by atoms with Crippen LogP contribution in [0.25, 0.3) is 0 Å². The fraction of sp³-hybridized carbons (Fsp3) is 0.263. The fourth-order valence-electron chi connectivity index (χ4n) is 2.57. The van der Waals surface area contributed by atoms with Crippen LogP contribution in [0.15, 0.2) is 73.3 Å². The minimum atomic E-state index is -2.13. The molecule has 0 heterocycles. The summed E-state index contributed by atoms with van der Waals surface area (Å²) in [5.41, 5.74) is 2.20. The van der Waals surface area contributed by atoms with Gasteiger partial charge in [-0.15, -0.1) is 6.58 Å². The topological polar surface area (TPSA) is 52.5 Å². The summed E-state index contributed by atoms with van der Waals surface area (Å²) < 4.78 is 0. The van der Waals surface area contributed by atoms with Gasteiger partial charge in [-0.3, -0.25) is 5.32 Å². The Morgan fingerprint density at radius 1 is 1.04 bits per heavy atom. The predicted octanol–water partition coefficient (Wildman–Crippen LogP) is 4.34. The van der Waals surface area contributed by atoms with E-state index in [1.807, 2.05) is 43.3 Å². The van der Waals surface area contributed by atoms with Crippen molar-refractivity contribution in [2.45, 2.75) is 31.1 Å². The molecule has 23 heavy (non-hydrogen) atoms. The van der Waals surface area contributed by atoms with Crippen molar-refractivity contribution in [2.75, 3.05) is 0 Å². The Morgan fingerprint density at radius 3 is 1.91 bits per heavy atom. The predicted molar refractivity (Wildman–Crippen MR) is 97.1 cm³/mol. The Hall–Kier alpha value is -1.51. The van der Waals surface area contributed by atoms with E-state index in [-0.39, 0.29) is 6.04 Å². The van der Waals surface area contributed by atoms with Crippen molar-refractivity contribution < 1.29 is 9.79 Å². The SMILES string of the molecule is C=CCCC(C)(NC(c1ccccc1)c1ccccc1)P(O)O. The minimum absolute atomic E-state index is 0.100. The van der Waals surface area contributed by atoms with E-state index in [0.29, 0.717) is 6.42 Å². The van der Waals surface area contributed by atoms with Gasteiger partial charge in [-0.05, 0) is 30.9 Å². The highest BCUT2D eigenvalue weighted by molar-refractivity contribution is 7.46. The lowest BCUT2D eigenvalue weighted by molar-refractivity contribution is 0.350. The zero-order valence-corrected chi connectivity index (χ0v) is 14.3. The summed E-state index contributed by atoms with van der Waals surface area (Å²) in [7, 11) is -2.13. The van der Waals surface area contributed by atoms with Crippen molar-refractivity contribution in [3.63, 3.8) is 0 Å². The molecule has 0 saturated carbocycles. The lowest BCUT2D eigenvalue weighted by Gasteiger charge is -2.36. The minimum Gasteiger partial charge on any atom is -0.349 e. The molecule has 0 aliphatic rings. The van der Waals surface area contributed by atoms with Crippen LogP contribution in [-0.4, -0.2) is 15.1 Å². The molecule has 0 aliphatic carbocycles. The molecule has 1 atom stereocenters. The molecule has 0 spiro atoms. The van der Waals surface area contributed by atoms with Gasteiger partial charge in [0.05, 0.1) is 11.3 Å². The first-order chi connectivity index (χ1) is 11.1. The van der Waals surface area contributed by atoms with Crippen molar-refractivity contribution in [1.82, 2.24) is 5.32 Å². The van der Waals surface area contributed by atoms with Gasteiger partial charge in [0.1, 0.15) is 0 Å². The maximum Gasteiger partial charge on any atom is 0.186 e. The molecule has 1 unspecified atom stereocenters. The molecule has 0 amide bonds. The average molecular weight is 329 g/mol. The van der Waals surface area contributed by atoms with Gasteiger partial charge in [-0.2, -0.15) is 0 Å². The molecule has 0 aromatic heterocycles. The van der Waals surface area contributed by atoms with Gasteiger partial charge in [-0.1, -0.05) is 66.7 Å². The highest BCUT2D eigenvalue weighted by Crippen LogP contribution is 2.45. The number of benzene rings is 2. The number of hydrogen-bond acceptors (Lipinski definition) is 3. The molecule has 2 rings (SSSR count). The maximum absolute atomic E-state index is 9.96. The van der Waals surface area contributed by atoms with E-state index in [1.54, 1.807) is 6.08 Å². The van der Waals surface area contributed by atoms with Crippen LogP contribution in [0.1, 0.15) is 36.9 Å². The first-order valence-corrected chi connectivity index (χ1v) is 8.98. The first-order valence-electron chi connectivity index (χ1n) is 7.73. The van der Waals surface area contributed by atoms with E-state index in [4.69, 9.17) is 0 Å². The molecule has 2 aromatic carbocycles. The van der Waals surface area contributed by atoms with Gasteiger partial charge in [0.2, 0.25) is 0 Å². The average Bonchev–Trinajstić information content (AvgIpc) is 2.59. The number of allylic oxidation sites excluding steroid dienone is 1. The third-order valence-electron chi connectivity index (χ3n) is 4.00. The van der Waals surface area contributed by atoms with E-state index < -0.39 is 13.7 Å². The van der Waals surface area contributed by atoms with Crippen molar-refractivity contribution in [1.29, 1.82) is 0 Å². The Balaban J connectivity index is 2.36. The van der Waals surface area contributed by atoms with Gasteiger partial charge in [-0.25, -0.2) is 0 Å². The highest BCUT2D eigenvalue weighted by Gasteiger charge is 2.35. The van der Waals surface area contributed by atoms with Crippen LogP contribution in [0, 0.1) is 0 Å². The van der Waals surface area contributed by atoms with E-state index >= 15 is 0 Å². The normalized spacial score (nSPS) is 14.0. The summed E-state index contributed by atoms with van der Waals surface area (Å²) in [6, 6.07) is 20.0. The summed E-state index contributed by atoms with van der Waals surface area (Å²) in [5, 5.41) is 2.71. The van der Waals surface area contributed by atoms with Crippen molar-refractivity contribution >= 4 is 8.38 Å². The van der Waals surface area contributed by atoms with Gasteiger partial charge in [0.15, 0.2) is 8.38 Å². The molecule has 4 heteroatoms. The maximum atomic E-state index is 9.96. The molecule has 0 fully saturated rings. The number of rotatable bonds is 8. The van der Waals surface area contributed by atoms with Crippen molar-refractivity contribution in [3.05, 3.63) is 84.4 Å². The lowest BCUT2D eigenvalue weighted by atomic mass is 9.97. The first kappa shape index (κ1) is 17.8. The monoisotopic (exact) mass is 329 g/mol. The zero-order valence-electron chi connectivity index (χ0n) is 13.4. The van der Waals surface area contributed by atoms with Crippen molar-refractivity contribution in [3.8, 4) is 0 Å². The molecular formula is C19H24NO2P. The number of nitrogens with one attached hydrogen (secondary N) is 1. The Kier molecular flexibility index (Phi) is 6.49. The third kappa shape index (κ3) is 4.73. The van der Waals surface area contributed by atoms with Crippen LogP contribution in [0.2, 0.25) is 0 Å². The summed E-state index contributed by atoms with van der Waals surface area (Å²) in [6.07, 6.45) is 3.14. The van der Waals surface area contributed by atoms with Gasteiger partial charge < -0.3 is 9.79 Å². The summed E-state index contributed by atoms with van der Waals surface area (Å²) in [6.45, 7) is 5.60. The molecular weight excluding hydrogens is 305 g/mol. The molecule has 122 valence electrons. The molecule has 0 bridgehead atoms. The molecule has 0 radical (unpaired) electrons. The lowest BCUT2D eigenvalue weighted by Crippen LogP contribution is -2.43. The smallest absolute Gasteiger partial charge is 0.186 e. The second kappa shape index (κ2) is 8.37. The second-order valence-corrected chi connectivity index (χ2v) is 7.36. The molecule has 3 nitrogen and oxygen atoms in total. The van der Waals surface area contributed by atoms with E-state index in [0.717, 1.165) is 17.5 Å². The zero-order chi connectivity index (χ0) is 16.7. The second-order valence-electron chi connectivity index (χ2n) is 5.79. The van der Waals surface area contributed by atoms with Crippen LogP contribution in [-0.2, 0) is 0 Å². The van der Waals surface area contributed by atoms with E-state index in [9.17, 15) is 9.79 Å². The van der Waals surface area contributed by atoms with Crippen LogP contribution in [0.3, 0.4) is 0 Å². The van der Waals surface area contributed by atoms with Crippen LogP contribution >= 0.6 is 8.38 Å². The van der Waals surface area contributed by atoms with Gasteiger partial charge >= 0.3 is 0 Å². The Labute approximate surface area is 139 Å². The van der Waals surface area contributed by atoms with Crippen molar-refractivity contribution in [2.24, 2.45) is 0 Å². The summed E-state index contributed by atoms with van der Waals surface area (Å²) >= 11 is 0. The van der Waals surface area contributed by atoms with Crippen LogP contribution in [0.5, 0.6) is 0 Å². The quantitative estimate of drug-likeness (QED) is 0.499. The number of hydrogen-bond donors (Lipinski definition) is 3. The largest absolute Gasteiger partial charge is 0.349 e. The summed E-state index contributed by atoms with van der Waals surface area (Å²) in [4.78, 5) is 19.9. The Bertz CT molecular complexity index is 564. The highest BCUT2D eigenvalue weighted by atomic mass is 31.2. The van der Waals surface area contributed by atoms with Crippen LogP contribution in [0.4, 0.5) is 0 Å². The standard InChI is InChI=1S/C19H24NO2P/c1-3-4-15-19(2,23(21)22)20-18(16-11-7-5-8-12-16)17-13-9-6-10-14-17/h3,5-14,18,20-22H,1,4,15H2,2H3. The molecule has 0 saturated heterocycles.